The summed E-state index contributed by atoms with van der Waals surface area (Å²) in [4.78, 5) is 11.5. The Bertz CT molecular complexity index is 675. The van der Waals surface area contributed by atoms with Gasteiger partial charge in [-0.15, -0.1) is 0 Å². The van der Waals surface area contributed by atoms with Crippen LogP contribution in [-0.2, 0) is 0 Å². The Kier molecular flexibility index (Phi) is 4.88. The fraction of sp³-hybridized carbons (Fsp3) is 0.474. The number of aliphatic imine (C=N–C) groups is 2. The zero-order valence-electron chi connectivity index (χ0n) is 14.9. The summed E-state index contributed by atoms with van der Waals surface area (Å²) >= 11 is 0. The van der Waals surface area contributed by atoms with Crippen molar-refractivity contribution in [3.63, 3.8) is 0 Å². The molecule has 0 aromatic heterocycles. The number of guanidine groups is 1. The Balaban J connectivity index is 1.91. The minimum absolute atomic E-state index is 0.236. The van der Waals surface area contributed by atoms with Crippen LogP contribution in [0.3, 0.4) is 0 Å². The van der Waals surface area contributed by atoms with Crippen LogP contribution in [0.5, 0.6) is 5.75 Å². The Morgan fingerprint density at radius 3 is 2.67 bits per heavy atom. The number of fused-ring (bicyclic) bond motifs is 1. The standard InChI is InChI=1S/C19H26N4O/c1-5-20-19-21-13(3)17-11-15(12-23(6-2)18(17)22-19)14-7-9-16(24-4)10-8-14/h7-10,12,17-18H,5-6,11H2,1-4H3,(H,20,22). The Morgan fingerprint density at radius 1 is 1.29 bits per heavy atom. The van der Waals surface area contributed by atoms with Crippen molar-refractivity contribution >= 4 is 17.2 Å². The number of allylic oxidation sites excluding steroid dienone is 1. The van der Waals surface area contributed by atoms with Gasteiger partial charge >= 0.3 is 0 Å². The van der Waals surface area contributed by atoms with Gasteiger partial charge in [-0.25, -0.2) is 4.99 Å². The van der Waals surface area contributed by atoms with Gasteiger partial charge in [0.15, 0.2) is 0 Å². The molecule has 2 aliphatic heterocycles. The SMILES string of the molecule is CCN=C1N=C(C)C2CC(c3ccc(OC)cc3)=CN(CC)C2N1. The molecule has 0 fully saturated rings. The fourth-order valence-electron chi connectivity index (χ4n) is 3.40. The average molecular weight is 326 g/mol. The summed E-state index contributed by atoms with van der Waals surface area (Å²) in [5.74, 6) is 2.01. The van der Waals surface area contributed by atoms with Crippen molar-refractivity contribution in [2.45, 2.75) is 33.4 Å². The van der Waals surface area contributed by atoms with Gasteiger partial charge in [0.1, 0.15) is 11.9 Å². The van der Waals surface area contributed by atoms with Gasteiger partial charge in [-0.1, -0.05) is 12.1 Å². The lowest BCUT2D eigenvalue weighted by Crippen LogP contribution is -2.56. The lowest BCUT2D eigenvalue weighted by atomic mass is 9.85. The molecular weight excluding hydrogens is 300 g/mol. The number of ether oxygens (including phenoxy) is 1. The van der Waals surface area contributed by atoms with E-state index in [0.29, 0.717) is 5.92 Å². The predicted molar refractivity (Wildman–Crippen MR) is 99.5 cm³/mol. The molecule has 0 saturated heterocycles. The first-order valence-corrected chi connectivity index (χ1v) is 8.63. The van der Waals surface area contributed by atoms with E-state index in [2.05, 4.69) is 52.4 Å². The van der Waals surface area contributed by atoms with Crippen LogP contribution in [0.15, 0.2) is 40.5 Å². The molecule has 0 amide bonds. The van der Waals surface area contributed by atoms with Crippen LogP contribution in [-0.4, -0.2) is 42.9 Å². The van der Waals surface area contributed by atoms with Gasteiger partial charge in [0.25, 0.3) is 0 Å². The molecule has 2 heterocycles. The van der Waals surface area contributed by atoms with Crippen LogP contribution < -0.4 is 10.1 Å². The number of hydrogen-bond acceptors (Lipinski definition) is 3. The monoisotopic (exact) mass is 326 g/mol. The maximum absolute atomic E-state index is 5.26. The highest BCUT2D eigenvalue weighted by molar-refractivity contribution is 6.01. The Hall–Kier alpha value is -2.30. The zero-order valence-corrected chi connectivity index (χ0v) is 14.9. The quantitative estimate of drug-likeness (QED) is 0.925. The van der Waals surface area contributed by atoms with Gasteiger partial charge in [-0.05, 0) is 50.5 Å². The number of benzene rings is 1. The van der Waals surface area contributed by atoms with E-state index in [1.54, 1.807) is 7.11 Å². The number of nitrogens with one attached hydrogen (secondary N) is 1. The van der Waals surface area contributed by atoms with E-state index in [0.717, 1.165) is 36.9 Å². The second kappa shape index (κ2) is 7.07. The van der Waals surface area contributed by atoms with Crippen molar-refractivity contribution in [3.05, 3.63) is 36.0 Å². The fourth-order valence-corrected chi connectivity index (χ4v) is 3.40. The maximum atomic E-state index is 5.26. The van der Waals surface area contributed by atoms with E-state index in [4.69, 9.17) is 4.74 Å². The first-order valence-electron chi connectivity index (χ1n) is 8.63. The molecule has 2 unspecified atom stereocenters. The van der Waals surface area contributed by atoms with Gasteiger partial charge < -0.3 is 15.0 Å². The largest absolute Gasteiger partial charge is 0.497 e. The van der Waals surface area contributed by atoms with E-state index in [-0.39, 0.29) is 6.17 Å². The molecule has 0 aliphatic carbocycles. The topological polar surface area (TPSA) is 49.2 Å². The normalized spacial score (nSPS) is 24.8. The van der Waals surface area contributed by atoms with E-state index >= 15 is 0 Å². The number of rotatable bonds is 4. The second-order valence-electron chi connectivity index (χ2n) is 6.16. The summed E-state index contributed by atoms with van der Waals surface area (Å²) in [5.41, 5.74) is 3.74. The summed E-state index contributed by atoms with van der Waals surface area (Å²) in [5, 5.41) is 3.50. The second-order valence-corrected chi connectivity index (χ2v) is 6.16. The van der Waals surface area contributed by atoms with Crippen molar-refractivity contribution < 1.29 is 4.74 Å². The maximum Gasteiger partial charge on any atom is 0.219 e. The molecule has 2 atom stereocenters. The third-order valence-electron chi connectivity index (χ3n) is 4.73. The smallest absolute Gasteiger partial charge is 0.219 e. The average Bonchev–Trinajstić information content (AvgIpc) is 2.61. The highest BCUT2D eigenvalue weighted by atomic mass is 16.5. The highest BCUT2D eigenvalue weighted by Gasteiger charge is 2.36. The molecular formula is C19H26N4O. The number of hydrogen-bond donors (Lipinski definition) is 1. The first-order chi connectivity index (χ1) is 11.7. The third kappa shape index (κ3) is 3.16. The summed E-state index contributed by atoms with van der Waals surface area (Å²) in [6.07, 6.45) is 3.49. The van der Waals surface area contributed by atoms with Crippen molar-refractivity contribution in [1.82, 2.24) is 10.2 Å². The number of methoxy groups -OCH3 is 1. The molecule has 1 aromatic rings. The van der Waals surface area contributed by atoms with E-state index in [9.17, 15) is 0 Å². The van der Waals surface area contributed by atoms with Crippen LogP contribution in [0.2, 0.25) is 0 Å². The predicted octanol–water partition coefficient (Wildman–Crippen LogP) is 3.14. The molecule has 24 heavy (non-hydrogen) atoms. The van der Waals surface area contributed by atoms with Crippen LogP contribution in [0.1, 0.15) is 32.8 Å². The molecule has 0 bridgehead atoms. The highest BCUT2D eigenvalue weighted by Crippen LogP contribution is 2.34. The molecule has 0 spiro atoms. The van der Waals surface area contributed by atoms with Crippen LogP contribution in [0, 0.1) is 5.92 Å². The molecule has 5 nitrogen and oxygen atoms in total. The lowest BCUT2D eigenvalue weighted by molar-refractivity contribution is 0.212. The summed E-state index contributed by atoms with van der Waals surface area (Å²) in [6, 6.07) is 8.30. The van der Waals surface area contributed by atoms with Crippen molar-refractivity contribution in [2.24, 2.45) is 15.9 Å². The Labute approximate surface area is 144 Å². The van der Waals surface area contributed by atoms with Crippen LogP contribution in [0.4, 0.5) is 0 Å². The zero-order chi connectivity index (χ0) is 17.1. The van der Waals surface area contributed by atoms with Gasteiger partial charge in [-0.2, -0.15) is 0 Å². The van der Waals surface area contributed by atoms with Gasteiger partial charge in [0.2, 0.25) is 5.96 Å². The minimum Gasteiger partial charge on any atom is -0.497 e. The molecule has 0 radical (unpaired) electrons. The molecule has 128 valence electrons. The van der Waals surface area contributed by atoms with E-state index < -0.39 is 0 Å². The van der Waals surface area contributed by atoms with Gasteiger partial charge in [0.05, 0.1) is 7.11 Å². The molecule has 1 aromatic carbocycles. The molecule has 5 heteroatoms. The van der Waals surface area contributed by atoms with Crippen molar-refractivity contribution in [1.29, 1.82) is 0 Å². The van der Waals surface area contributed by atoms with Crippen LogP contribution >= 0.6 is 0 Å². The summed E-state index contributed by atoms with van der Waals surface area (Å²) in [6.45, 7) is 8.03. The molecule has 2 aliphatic rings. The van der Waals surface area contributed by atoms with Gasteiger partial charge in [-0.3, -0.25) is 4.99 Å². The molecule has 0 saturated carbocycles. The van der Waals surface area contributed by atoms with E-state index in [1.807, 2.05) is 19.1 Å². The molecule has 1 N–H and O–H groups in total. The third-order valence-corrected chi connectivity index (χ3v) is 4.73. The summed E-state index contributed by atoms with van der Waals surface area (Å²) < 4.78 is 5.26. The number of nitrogens with zero attached hydrogens (tertiary/aromatic N) is 3. The Morgan fingerprint density at radius 2 is 2.04 bits per heavy atom. The first kappa shape index (κ1) is 16.6. The van der Waals surface area contributed by atoms with E-state index in [1.165, 1.54) is 11.1 Å². The summed E-state index contributed by atoms with van der Waals surface area (Å²) in [7, 11) is 1.70. The van der Waals surface area contributed by atoms with Gasteiger partial charge in [0, 0.05) is 30.9 Å². The van der Waals surface area contributed by atoms with Crippen molar-refractivity contribution in [2.75, 3.05) is 20.2 Å². The molecule has 3 rings (SSSR count). The van der Waals surface area contributed by atoms with Crippen molar-refractivity contribution in [3.8, 4) is 5.75 Å². The lowest BCUT2D eigenvalue weighted by Gasteiger charge is -2.43. The minimum atomic E-state index is 0.236. The van der Waals surface area contributed by atoms with Crippen LogP contribution in [0.25, 0.3) is 5.57 Å².